The topological polar surface area (TPSA) is 49.3 Å². The van der Waals surface area contributed by atoms with Gasteiger partial charge in [0.2, 0.25) is 0 Å². The molecule has 0 saturated heterocycles. The molecule has 0 heterocycles. The number of amides is 1. The normalized spacial score (nSPS) is 36.1. The van der Waals surface area contributed by atoms with Crippen LogP contribution in [0.2, 0.25) is 0 Å². The highest BCUT2D eigenvalue weighted by Gasteiger charge is 2.37. The van der Waals surface area contributed by atoms with Crippen LogP contribution >= 0.6 is 0 Å². The molecule has 1 fully saturated rings. The van der Waals surface area contributed by atoms with Crippen molar-refractivity contribution < 1.29 is 9.90 Å². The molecule has 0 bridgehead atoms. The minimum Gasteiger partial charge on any atom is -0.380 e. The molecular formula is C9H17NO2. The van der Waals surface area contributed by atoms with Crippen molar-refractivity contribution in [1.29, 1.82) is 0 Å². The number of carbonyl (C=O) groups is 1. The lowest BCUT2D eigenvalue weighted by Crippen LogP contribution is -2.47. The fraction of sp³-hybridized carbons (Fsp3) is 0.889. The van der Waals surface area contributed by atoms with Crippen molar-refractivity contribution in [2.45, 2.75) is 38.2 Å². The van der Waals surface area contributed by atoms with E-state index in [1.54, 1.807) is 7.05 Å². The van der Waals surface area contributed by atoms with E-state index in [2.05, 4.69) is 12.2 Å². The summed E-state index contributed by atoms with van der Waals surface area (Å²) >= 11 is 0. The van der Waals surface area contributed by atoms with E-state index in [4.69, 9.17) is 0 Å². The fourth-order valence-electron chi connectivity index (χ4n) is 1.70. The second kappa shape index (κ2) is 3.44. The third-order valence-electron chi connectivity index (χ3n) is 2.75. The maximum Gasteiger partial charge on any atom is 0.251 e. The largest absolute Gasteiger partial charge is 0.380 e. The predicted molar refractivity (Wildman–Crippen MR) is 46.6 cm³/mol. The summed E-state index contributed by atoms with van der Waals surface area (Å²) in [7, 11) is 1.57. The van der Waals surface area contributed by atoms with Crippen LogP contribution in [0.5, 0.6) is 0 Å². The van der Waals surface area contributed by atoms with E-state index >= 15 is 0 Å². The molecule has 3 nitrogen and oxygen atoms in total. The van der Waals surface area contributed by atoms with Crippen LogP contribution in [-0.2, 0) is 4.79 Å². The van der Waals surface area contributed by atoms with Gasteiger partial charge in [0.15, 0.2) is 0 Å². The lowest BCUT2D eigenvalue weighted by molar-refractivity contribution is -0.143. The number of rotatable bonds is 1. The van der Waals surface area contributed by atoms with E-state index in [1.807, 2.05) is 0 Å². The van der Waals surface area contributed by atoms with Crippen LogP contribution in [0.15, 0.2) is 0 Å². The highest BCUT2D eigenvalue weighted by Crippen LogP contribution is 2.31. The Morgan fingerprint density at radius 1 is 1.50 bits per heavy atom. The van der Waals surface area contributed by atoms with Gasteiger partial charge in [0.05, 0.1) is 0 Å². The smallest absolute Gasteiger partial charge is 0.251 e. The maximum absolute atomic E-state index is 11.2. The van der Waals surface area contributed by atoms with E-state index in [0.29, 0.717) is 18.8 Å². The lowest BCUT2D eigenvalue weighted by atomic mass is 9.79. The Morgan fingerprint density at radius 3 is 2.42 bits per heavy atom. The highest BCUT2D eigenvalue weighted by molar-refractivity contribution is 5.84. The van der Waals surface area contributed by atoms with Crippen molar-refractivity contribution in [2.75, 3.05) is 7.05 Å². The van der Waals surface area contributed by atoms with Crippen molar-refractivity contribution >= 4 is 5.91 Å². The summed E-state index contributed by atoms with van der Waals surface area (Å²) < 4.78 is 0. The molecule has 0 spiro atoms. The average molecular weight is 171 g/mol. The van der Waals surface area contributed by atoms with E-state index in [9.17, 15) is 9.90 Å². The number of aliphatic hydroxyl groups is 1. The Balaban J connectivity index is 2.55. The zero-order chi connectivity index (χ0) is 9.19. The van der Waals surface area contributed by atoms with Gasteiger partial charge in [0.1, 0.15) is 5.60 Å². The molecule has 0 unspecified atom stereocenters. The van der Waals surface area contributed by atoms with E-state index < -0.39 is 5.60 Å². The first kappa shape index (κ1) is 9.52. The molecule has 0 aromatic heterocycles. The third-order valence-corrected chi connectivity index (χ3v) is 2.75. The number of hydrogen-bond acceptors (Lipinski definition) is 2. The van der Waals surface area contributed by atoms with Crippen molar-refractivity contribution in [1.82, 2.24) is 5.32 Å². The SMILES string of the molecule is CNC(=O)[C@]1(O)CC[C@@H](C)CC1. The van der Waals surface area contributed by atoms with Crippen LogP contribution in [0.1, 0.15) is 32.6 Å². The van der Waals surface area contributed by atoms with Crippen LogP contribution < -0.4 is 5.32 Å². The molecule has 1 aliphatic rings. The van der Waals surface area contributed by atoms with Gasteiger partial charge in [-0.3, -0.25) is 4.79 Å². The molecule has 0 aromatic carbocycles. The van der Waals surface area contributed by atoms with Crippen molar-refractivity contribution in [3.63, 3.8) is 0 Å². The molecule has 12 heavy (non-hydrogen) atoms. The van der Waals surface area contributed by atoms with Crippen molar-refractivity contribution in [2.24, 2.45) is 5.92 Å². The molecule has 1 aliphatic carbocycles. The average Bonchev–Trinajstić information content (AvgIpc) is 2.09. The molecule has 0 radical (unpaired) electrons. The second-order valence-electron chi connectivity index (χ2n) is 3.79. The molecule has 1 saturated carbocycles. The molecule has 0 atom stereocenters. The quantitative estimate of drug-likeness (QED) is 0.609. The summed E-state index contributed by atoms with van der Waals surface area (Å²) in [6.07, 6.45) is 3.11. The van der Waals surface area contributed by atoms with Crippen LogP contribution in [0.4, 0.5) is 0 Å². The summed E-state index contributed by atoms with van der Waals surface area (Å²) in [6.45, 7) is 2.16. The minimum atomic E-state index is -1.08. The number of carbonyl (C=O) groups excluding carboxylic acids is 1. The summed E-state index contributed by atoms with van der Waals surface area (Å²) in [6, 6.07) is 0. The van der Waals surface area contributed by atoms with Gasteiger partial charge in [-0.05, 0) is 31.6 Å². The Bertz CT molecular complexity index is 171. The van der Waals surface area contributed by atoms with Crippen LogP contribution in [0, 0.1) is 5.92 Å². The number of likely N-dealkylation sites (N-methyl/N-ethyl adjacent to an activating group) is 1. The Kier molecular flexibility index (Phi) is 2.73. The molecule has 1 rings (SSSR count). The number of hydrogen-bond donors (Lipinski definition) is 2. The van der Waals surface area contributed by atoms with Crippen LogP contribution in [-0.4, -0.2) is 23.7 Å². The first-order valence-electron chi connectivity index (χ1n) is 4.53. The van der Waals surface area contributed by atoms with Gasteiger partial charge < -0.3 is 10.4 Å². The molecular weight excluding hydrogens is 154 g/mol. The molecule has 3 heteroatoms. The van der Waals surface area contributed by atoms with Gasteiger partial charge in [0, 0.05) is 7.05 Å². The van der Waals surface area contributed by atoms with Gasteiger partial charge >= 0.3 is 0 Å². The summed E-state index contributed by atoms with van der Waals surface area (Å²) in [5, 5.41) is 12.3. The standard InChI is InChI=1S/C9H17NO2/c1-7-3-5-9(12,6-4-7)8(11)10-2/h7,12H,3-6H2,1-2H3,(H,10,11)/t7-,9+. The second-order valence-corrected chi connectivity index (χ2v) is 3.79. The van der Waals surface area contributed by atoms with Crippen molar-refractivity contribution in [3.8, 4) is 0 Å². The van der Waals surface area contributed by atoms with Gasteiger partial charge in [-0.1, -0.05) is 6.92 Å². The Hall–Kier alpha value is -0.570. The third kappa shape index (κ3) is 1.78. The zero-order valence-corrected chi connectivity index (χ0v) is 7.76. The summed E-state index contributed by atoms with van der Waals surface area (Å²) in [5.74, 6) is 0.421. The first-order valence-corrected chi connectivity index (χ1v) is 4.53. The monoisotopic (exact) mass is 171 g/mol. The van der Waals surface area contributed by atoms with Crippen molar-refractivity contribution in [3.05, 3.63) is 0 Å². The first-order chi connectivity index (χ1) is 5.58. The molecule has 70 valence electrons. The molecule has 0 aromatic rings. The highest BCUT2D eigenvalue weighted by atomic mass is 16.3. The van der Waals surface area contributed by atoms with Gasteiger partial charge in [0.25, 0.3) is 5.91 Å². The molecule has 2 N–H and O–H groups in total. The lowest BCUT2D eigenvalue weighted by Gasteiger charge is -2.32. The Morgan fingerprint density at radius 2 is 2.00 bits per heavy atom. The van der Waals surface area contributed by atoms with Crippen LogP contribution in [0.25, 0.3) is 0 Å². The van der Waals surface area contributed by atoms with Gasteiger partial charge in [-0.25, -0.2) is 0 Å². The fourth-order valence-corrected chi connectivity index (χ4v) is 1.70. The maximum atomic E-state index is 11.2. The van der Waals surface area contributed by atoms with E-state index in [0.717, 1.165) is 12.8 Å². The zero-order valence-electron chi connectivity index (χ0n) is 7.76. The van der Waals surface area contributed by atoms with E-state index in [1.165, 1.54) is 0 Å². The van der Waals surface area contributed by atoms with E-state index in [-0.39, 0.29) is 5.91 Å². The molecule has 0 aliphatic heterocycles. The van der Waals surface area contributed by atoms with Crippen LogP contribution in [0.3, 0.4) is 0 Å². The predicted octanol–water partition coefficient (Wildman–Crippen LogP) is 0.674. The Labute approximate surface area is 73.2 Å². The summed E-state index contributed by atoms with van der Waals surface area (Å²) in [4.78, 5) is 11.2. The number of nitrogens with one attached hydrogen (secondary N) is 1. The molecule has 1 amide bonds. The minimum absolute atomic E-state index is 0.227. The van der Waals surface area contributed by atoms with Gasteiger partial charge in [-0.15, -0.1) is 0 Å². The summed E-state index contributed by atoms with van der Waals surface area (Å²) in [5.41, 5.74) is -1.08. The van der Waals surface area contributed by atoms with Gasteiger partial charge in [-0.2, -0.15) is 0 Å².